The minimum atomic E-state index is -3.83. The van der Waals surface area contributed by atoms with Gasteiger partial charge in [0.05, 0.1) is 4.90 Å². The van der Waals surface area contributed by atoms with Crippen LogP contribution in [0.5, 0.6) is 5.75 Å². The lowest BCUT2D eigenvalue weighted by atomic mass is 10.1. The molecule has 5 nitrogen and oxygen atoms in total. The summed E-state index contributed by atoms with van der Waals surface area (Å²) in [5, 5.41) is 13.4. The largest absolute Gasteiger partial charge is 0.508 e. The Labute approximate surface area is 140 Å². The average Bonchev–Trinajstić information content (AvgIpc) is 3.02. The average molecular weight is 343 g/mol. The second-order valence-electron chi connectivity index (χ2n) is 5.74. The van der Waals surface area contributed by atoms with E-state index < -0.39 is 9.84 Å². The third-order valence-corrected chi connectivity index (χ3v) is 5.49. The zero-order valence-electron chi connectivity index (χ0n) is 13.3. The highest BCUT2D eigenvalue weighted by Gasteiger charge is 2.31. The second kappa shape index (κ2) is 6.13. The third-order valence-electron chi connectivity index (χ3n) is 3.66. The Morgan fingerprint density at radius 3 is 2.21 bits per heavy atom. The Hall–Kier alpha value is -2.60. The first kappa shape index (κ1) is 16.3. The van der Waals surface area contributed by atoms with E-state index >= 15 is 0 Å². The Kier molecular flexibility index (Phi) is 4.15. The molecule has 6 heteroatoms. The highest BCUT2D eigenvalue weighted by atomic mass is 32.2. The fraction of sp³-hybridized carbons (Fsp3) is 0.167. The van der Waals surface area contributed by atoms with Crippen LogP contribution in [0.15, 0.2) is 68.9 Å². The van der Waals surface area contributed by atoms with E-state index in [2.05, 4.69) is 5.16 Å². The molecule has 1 heterocycles. The molecule has 1 N–H and O–H groups in total. The Bertz CT molecular complexity index is 942. The van der Waals surface area contributed by atoms with Crippen molar-refractivity contribution in [2.45, 2.75) is 29.6 Å². The monoisotopic (exact) mass is 343 g/mol. The summed E-state index contributed by atoms with van der Waals surface area (Å²) in [6.07, 6.45) is 0. The van der Waals surface area contributed by atoms with E-state index in [1.54, 1.807) is 12.1 Å². The molecule has 0 bridgehead atoms. The van der Waals surface area contributed by atoms with Crippen molar-refractivity contribution in [3.8, 4) is 17.0 Å². The van der Waals surface area contributed by atoms with E-state index in [1.807, 2.05) is 32.0 Å². The number of hydrogen-bond donors (Lipinski definition) is 1. The number of sulfone groups is 1. The van der Waals surface area contributed by atoms with Crippen LogP contribution in [0.3, 0.4) is 0 Å². The number of phenols is 1. The first-order chi connectivity index (χ1) is 11.4. The first-order valence-electron chi connectivity index (χ1n) is 7.50. The van der Waals surface area contributed by atoms with Crippen LogP contribution in [-0.2, 0) is 9.84 Å². The van der Waals surface area contributed by atoms with Crippen LogP contribution in [0.2, 0.25) is 0 Å². The Morgan fingerprint density at radius 2 is 1.62 bits per heavy atom. The lowest BCUT2D eigenvalue weighted by molar-refractivity contribution is 0.368. The minimum absolute atomic E-state index is 0.00614. The van der Waals surface area contributed by atoms with E-state index in [1.165, 1.54) is 24.3 Å². The summed E-state index contributed by atoms with van der Waals surface area (Å²) in [5.41, 5.74) is 0.970. The van der Waals surface area contributed by atoms with Crippen LogP contribution >= 0.6 is 0 Å². The molecule has 0 saturated carbocycles. The molecule has 0 unspecified atom stereocenters. The summed E-state index contributed by atoms with van der Waals surface area (Å²) in [6.45, 7) is 3.70. The third kappa shape index (κ3) is 2.80. The van der Waals surface area contributed by atoms with Crippen molar-refractivity contribution in [1.82, 2.24) is 5.16 Å². The van der Waals surface area contributed by atoms with E-state index in [-0.39, 0.29) is 21.5 Å². The van der Waals surface area contributed by atoms with Crippen LogP contribution in [0.1, 0.15) is 25.5 Å². The maximum atomic E-state index is 13.1. The van der Waals surface area contributed by atoms with Crippen LogP contribution in [0, 0.1) is 0 Å². The molecule has 0 atom stereocenters. The molecule has 0 aliphatic carbocycles. The smallest absolute Gasteiger partial charge is 0.212 e. The zero-order valence-corrected chi connectivity index (χ0v) is 14.1. The van der Waals surface area contributed by atoms with Gasteiger partial charge < -0.3 is 9.63 Å². The molecule has 3 rings (SSSR count). The lowest BCUT2D eigenvalue weighted by Gasteiger charge is -2.08. The van der Waals surface area contributed by atoms with Gasteiger partial charge in [-0.25, -0.2) is 8.42 Å². The van der Waals surface area contributed by atoms with Gasteiger partial charge in [0.15, 0.2) is 5.76 Å². The molecule has 0 amide bonds. The number of phenolic OH excluding ortho intramolecular Hbond substituents is 1. The summed E-state index contributed by atoms with van der Waals surface area (Å²) in [6, 6.07) is 14.5. The van der Waals surface area contributed by atoms with Crippen LogP contribution in [0.4, 0.5) is 0 Å². The van der Waals surface area contributed by atoms with Crippen LogP contribution in [-0.4, -0.2) is 18.7 Å². The number of hydrogen-bond acceptors (Lipinski definition) is 5. The quantitative estimate of drug-likeness (QED) is 0.774. The fourth-order valence-electron chi connectivity index (χ4n) is 2.44. The van der Waals surface area contributed by atoms with Crippen molar-refractivity contribution >= 4 is 9.84 Å². The topological polar surface area (TPSA) is 80.4 Å². The predicted octanol–water partition coefficient (Wildman–Crippen LogP) is 4.00. The van der Waals surface area contributed by atoms with E-state index in [0.717, 1.165) is 0 Å². The molecule has 2 aromatic carbocycles. The number of aromatic hydroxyl groups is 1. The second-order valence-corrected chi connectivity index (χ2v) is 7.63. The number of nitrogens with zero attached hydrogens (tertiary/aromatic N) is 1. The molecule has 1 aromatic heterocycles. The Balaban J connectivity index is 2.25. The molecule has 3 aromatic rings. The standard InChI is InChI=1S/C18H17NO4S/c1-12(2)17-18(16(19-23-17)13-6-4-3-5-7-13)24(21,22)15-10-8-14(20)9-11-15/h3-12,20H,1-2H3. The summed E-state index contributed by atoms with van der Waals surface area (Å²) in [5.74, 6) is 0.186. The van der Waals surface area contributed by atoms with E-state index in [9.17, 15) is 13.5 Å². The van der Waals surface area contributed by atoms with Crippen molar-refractivity contribution in [3.05, 3.63) is 60.4 Å². The van der Waals surface area contributed by atoms with E-state index in [4.69, 9.17) is 4.52 Å². The fourth-order valence-corrected chi connectivity index (χ4v) is 4.12. The molecule has 0 saturated heterocycles. The molecular weight excluding hydrogens is 326 g/mol. The van der Waals surface area contributed by atoms with E-state index in [0.29, 0.717) is 17.0 Å². The van der Waals surface area contributed by atoms with Gasteiger partial charge in [0.2, 0.25) is 9.84 Å². The summed E-state index contributed by atoms with van der Waals surface area (Å²) < 4.78 is 31.7. The van der Waals surface area contributed by atoms with Gasteiger partial charge in [0.25, 0.3) is 0 Å². The normalized spacial score (nSPS) is 11.8. The van der Waals surface area contributed by atoms with Gasteiger partial charge in [-0.3, -0.25) is 0 Å². The first-order valence-corrected chi connectivity index (χ1v) is 8.98. The minimum Gasteiger partial charge on any atom is -0.508 e. The molecule has 0 radical (unpaired) electrons. The van der Waals surface area contributed by atoms with Crippen molar-refractivity contribution in [3.63, 3.8) is 0 Å². The predicted molar refractivity (Wildman–Crippen MR) is 89.6 cm³/mol. The lowest BCUT2D eigenvalue weighted by Crippen LogP contribution is -2.06. The van der Waals surface area contributed by atoms with Crippen molar-refractivity contribution in [2.24, 2.45) is 0 Å². The molecule has 0 spiro atoms. The highest BCUT2D eigenvalue weighted by molar-refractivity contribution is 7.91. The van der Waals surface area contributed by atoms with Crippen LogP contribution < -0.4 is 0 Å². The van der Waals surface area contributed by atoms with Gasteiger partial charge in [0.1, 0.15) is 16.3 Å². The van der Waals surface area contributed by atoms with Crippen molar-refractivity contribution in [1.29, 1.82) is 0 Å². The summed E-state index contributed by atoms with van der Waals surface area (Å²) >= 11 is 0. The number of benzene rings is 2. The van der Waals surface area contributed by atoms with Crippen molar-refractivity contribution < 1.29 is 18.0 Å². The molecular formula is C18H17NO4S. The molecule has 124 valence electrons. The zero-order chi connectivity index (χ0) is 17.3. The number of aromatic nitrogens is 1. The van der Waals surface area contributed by atoms with Gasteiger partial charge in [-0.1, -0.05) is 49.3 Å². The van der Waals surface area contributed by atoms with Crippen LogP contribution in [0.25, 0.3) is 11.3 Å². The molecule has 0 aliphatic heterocycles. The maximum absolute atomic E-state index is 13.1. The number of rotatable bonds is 4. The Morgan fingerprint density at radius 1 is 1.00 bits per heavy atom. The van der Waals surface area contributed by atoms with Gasteiger partial charge in [0, 0.05) is 11.5 Å². The van der Waals surface area contributed by atoms with Gasteiger partial charge in [-0.2, -0.15) is 0 Å². The van der Waals surface area contributed by atoms with Crippen molar-refractivity contribution in [2.75, 3.05) is 0 Å². The SMILES string of the molecule is CC(C)c1onc(-c2ccccc2)c1S(=O)(=O)c1ccc(O)cc1. The molecule has 24 heavy (non-hydrogen) atoms. The molecule has 0 aliphatic rings. The summed E-state index contributed by atoms with van der Waals surface area (Å²) in [4.78, 5) is 0.164. The summed E-state index contributed by atoms with van der Waals surface area (Å²) in [7, 11) is -3.83. The maximum Gasteiger partial charge on any atom is 0.212 e. The highest BCUT2D eigenvalue weighted by Crippen LogP contribution is 2.37. The van der Waals surface area contributed by atoms with Gasteiger partial charge in [-0.15, -0.1) is 0 Å². The van der Waals surface area contributed by atoms with Gasteiger partial charge in [-0.05, 0) is 24.3 Å². The molecule has 0 fully saturated rings. The van der Waals surface area contributed by atoms with Gasteiger partial charge >= 0.3 is 0 Å².